The Balaban J connectivity index is 1.90. The van der Waals surface area contributed by atoms with Crippen LogP contribution in [0.5, 0.6) is 0 Å². The second kappa shape index (κ2) is 6.57. The van der Waals surface area contributed by atoms with Crippen molar-refractivity contribution in [3.05, 3.63) is 45.8 Å². The van der Waals surface area contributed by atoms with E-state index in [1.807, 2.05) is 44.3 Å². The Morgan fingerprint density at radius 3 is 2.77 bits per heavy atom. The molecule has 0 saturated carbocycles. The van der Waals surface area contributed by atoms with Crippen molar-refractivity contribution in [2.24, 2.45) is 0 Å². The summed E-state index contributed by atoms with van der Waals surface area (Å²) in [6.07, 6.45) is 1.76. The molecule has 0 aliphatic carbocycles. The number of anilines is 3. The number of nitrogens with one attached hydrogen (secondary N) is 2. The topological polar surface area (TPSA) is 62.7 Å². The maximum Gasteiger partial charge on any atom is 0.227 e. The first-order chi connectivity index (χ1) is 10.7. The molecule has 0 saturated heterocycles. The zero-order valence-electron chi connectivity index (χ0n) is 12.1. The van der Waals surface area contributed by atoms with Gasteiger partial charge >= 0.3 is 0 Å². The van der Waals surface area contributed by atoms with Crippen LogP contribution in [0.25, 0.3) is 10.6 Å². The molecule has 22 heavy (non-hydrogen) atoms. The van der Waals surface area contributed by atoms with Crippen molar-refractivity contribution in [1.82, 2.24) is 15.0 Å². The number of thiazole rings is 1. The van der Waals surface area contributed by atoms with Crippen LogP contribution < -0.4 is 10.6 Å². The normalized spacial score (nSPS) is 10.5. The highest BCUT2D eigenvalue weighted by molar-refractivity contribution is 14.1. The van der Waals surface area contributed by atoms with Gasteiger partial charge in [0.25, 0.3) is 0 Å². The number of hydrogen-bond donors (Lipinski definition) is 2. The molecule has 5 nitrogen and oxygen atoms in total. The fourth-order valence-corrected chi connectivity index (χ4v) is 3.41. The number of benzene rings is 1. The molecule has 1 aromatic carbocycles. The van der Waals surface area contributed by atoms with E-state index in [-0.39, 0.29) is 0 Å². The molecular weight excluding hydrogens is 409 g/mol. The first-order valence-corrected chi connectivity index (χ1v) is 8.56. The van der Waals surface area contributed by atoms with E-state index in [1.165, 1.54) is 0 Å². The third-order valence-corrected chi connectivity index (χ3v) is 4.85. The number of hydrogen-bond acceptors (Lipinski definition) is 6. The average molecular weight is 423 g/mol. The maximum absolute atomic E-state index is 4.59. The van der Waals surface area contributed by atoms with Crippen LogP contribution in [0, 0.1) is 10.5 Å². The molecule has 2 N–H and O–H groups in total. The first kappa shape index (κ1) is 15.2. The molecule has 0 aliphatic rings. The number of aromatic nitrogens is 3. The van der Waals surface area contributed by atoms with E-state index < -0.39 is 0 Å². The Hall–Kier alpha value is -1.74. The summed E-state index contributed by atoms with van der Waals surface area (Å²) < 4.78 is 1.16. The van der Waals surface area contributed by atoms with Crippen LogP contribution in [0.2, 0.25) is 0 Å². The van der Waals surface area contributed by atoms with Gasteiger partial charge < -0.3 is 10.6 Å². The fraction of sp³-hybridized carbons (Fsp3) is 0.133. The lowest BCUT2D eigenvalue weighted by Gasteiger charge is -2.06. The van der Waals surface area contributed by atoms with Gasteiger partial charge in [0, 0.05) is 22.5 Å². The van der Waals surface area contributed by atoms with Crippen LogP contribution in [0.15, 0.2) is 36.5 Å². The fourth-order valence-electron chi connectivity index (χ4n) is 1.98. The van der Waals surface area contributed by atoms with Gasteiger partial charge in [0.05, 0.1) is 16.3 Å². The molecule has 2 aromatic heterocycles. The smallest absolute Gasteiger partial charge is 0.227 e. The molecule has 0 atom stereocenters. The number of rotatable bonds is 4. The van der Waals surface area contributed by atoms with Crippen LogP contribution in [0.3, 0.4) is 0 Å². The highest BCUT2D eigenvalue weighted by Gasteiger charge is 2.11. The largest absolute Gasteiger partial charge is 0.365 e. The molecule has 0 spiro atoms. The maximum atomic E-state index is 4.59. The van der Waals surface area contributed by atoms with Crippen molar-refractivity contribution in [3.63, 3.8) is 0 Å². The van der Waals surface area contributed by atoms with Crippen molar-refractivity contribution in [1.29, 1.82) is 0 Å². The second-order valence-electron chi connectivity index (χ2n) is 4.58. The summed E-state index contributed by atoms with van der Waals surface area (Å²) in [6, 6.07) is 9.99. The van der Waals surface area contributed by atoms with Gasteiger partial charge in [-0.25, -0.2) is 15.0 Å². The van der Waals surface area contributed by atoms with E-state index in [4.69, 9.17) is 0 Å². The average Bonchev–Trinajstić information content (AvgIpc) is 2.89. The lowest BCUT2D eigenvalue weighted by molar-refractivity contribution is 1.16. The molecule has 3 rings (SSSR count). The number of halogens is 1. The summed E-state index contributed by atoms with van der Waals surface area (Å²) in [5.74, 6) is 0.582. The van der Waals surface area contributed by atoms with E-state index in [9.17, 15) is 0 Å². The van der Waals surface area contributed by atoms with Crippen LogP contribution in [0.1, 0.15) is 5.69 Å². The van der Waals surface area contributed by atoms with Gasteiger partial charge in [-0.15, -0.1) is 0 Å². The van der Waals surface area contributed by atoms with Crippen LogP contribution in [-0.4, -0.2) is 22.0 Å². The zero-order valence-corrected chi connectivity index (χ0v) is 15.1. The molecule has 0 aliphatic heterocycles. The lowest BCUT2D eigenvalue weighted by Crippen LogP contribution is -1.97. The van der Waals surface area contributed by atoms with Crippen molar-refractivity contribution in [2.75, 3.05) is 17.7 Å². The molecular formula is C15H14IN5S. The van der Waals surface area contributed by atoms with Gasteiger partial charge in [0.1, 0.15) is 0 Å². The van der Waals surface area contributed by atoms with Crippen LogP contribution in [-0.2, 0) is 0 Å². The molecule has 0 bridgehead atoms. The van der Waals surface area contributed by atoms with Gasteiger partial charge in [0.2, 0.25) is 5.95 Å². The summed E-state index contributed by atoms with van der Waals surface area (Å²) in [7, 11) is 1.87. The SMILES string of the molecule is CNc1nc(C)c(-c2ccnc(Nc3cccc(I)c3)n2)s1. The molecule has 0 amide bonds. The number of nitrogens with zero attached hydrogens (tertiary/aromatic N) is 3. The zero-order chi connectivity index (χ0) is 15.5. The minimum atomic E-state index is 0.582. The van der Waals surface area contributed by atoms with Gasteiger partial charge in [-0.3, -0.25) is 0 Å². The molecule has 0 radical (unpaired) electrons. The minimum Gasteiger partial charge on any atom is -0.365 e. The van der Waals surface area contributed by atoms with Gasteiger partial charge in [-0.05, 0) is 53.8 Å². The Morgan fingerprint density at radius 1 is 1.18 bits per heavy atom. The predicted molar refractivity (Wildman–Crippen MR) is 99.9 cm³/mol. The quantitative estimate of drug-likeness (QED) is 0.613. The summed E-state index contributed by atoms with van der Waals surface area (Å²) in [6.45, 7) is 1.99. The van der Waals surface area contributed by atoms with Gasteiger partial charge in [-0.2, -0.15) is 0 Å². The van der Waals surface area contributed by atoms with Crippen molar-refractivity contribution < 1.29 is 0 Å². The van der Waals surface area contributed by atoms with E-state index >= 15 is 0 Å². The summed E-state index contributed by atoms with van der Waals surface area (Å²) in [5, 5.41) is 7.19. The number of aryl methyl sites for hydroxylation is 1. The third kappa shape index (κ3) is 3.36. The highest BCUT2D eigenvalue weighted by Crippen LogP contribution is 2.31. The summed E-state index contributed by atoms with van der Waals surface area (Å²) >= 11 is 3.87. The van der Waals surface area contributed by atoms with Crippen LogP contribution >= 0.6 is 33.9 Å². The van der Waals surface area contributed by atoms with Gasteiger partial charge in [0.15, 0.2) is 5.13 Å². The van der Waals surface area contributed by atoms with E-state index in [2.05, 4.69) is 48.2 Å². The first-order valence-electron chi connectivity index (χ1n) is 6.67. The molecule has 0 unspecified atom stereocenters. The Morgan fingerprint density at radius 2 is 2.05 bits per heavy atom. The summed E-state index contributed by atoms with van der Waals surface area (Å²) in [5.41, 5.74) is 2.81. The molecule has 3 aromatic rings. The van der Waals surface area contributed by atoms with Gasteiger partial charge in [-0.1, -0.05) is 17.4 Å². The molecule has 7 heteroatoms. The molecule has 112 valence electrons. The molecule has 2 heterocycles. The lowest BCUT2D eigenvalue weighted by atomic mass is 10.3. The summed E-state index contributed by atoms with van der Waals surface area (Å²) in [4.78, 5) is 14.4. The molecule has 0 fully saturated rings. The second-order valence-corrected chi connectivity index (χ2v) is 6.83. The van der Waals surface area contributed by atoms with Crippen molar-refractivity contribution in [3.8, 4) is 10.6 Å². The Bertz CT molecular complexity index is 802. The van der Waals surface area contributed by atoms with Crippen molar-refractivity contribution in [2.45, 2.75) is 6.92 Å². The van der Waals surface area contributed by atoms with Crippen LogP contribution in [0.4, 0.5) is 16.8 Å². The predicted octanol–water partition coefficient (Wildman–Crippen LogP) is 4.30. The monoisotopic (exact) mass is 423 g/mol. The Labute approximate surface area is 146 Å². The minimum absolute atomic E-state index is 0.582. The Kier molecular flexibility index (Phi) is 4.53. The van der Waals surface area contributed by atoms with Crippen molar-refractivity contribution >= 4 is 50.7 Å². The highest BCUT2D eigenvalue weighted by atomic mass is 127. The standard InChI is InChI=1S/C15H14IN5S/c1-9-13(22-15(17-2)19-9)12-6-7-18-14(21-12)20-11-5-3-4-10(16)8-11/h3-8H,1-2H3,(H,17,19)(H,18,20,21). The van der Waals surface area contributed by atoms with E-state index in [0.29, 0.717) is 5.95 Å². The van der Waals surface area contributed by atoms with E-state index in [1.54, 1.807) is 17.5 Å². The van der Waals surface area contributed by atoms with E-state index in [0.717, 1.165) is 30.7 Å². The third-order valence-electron chi connectivity index (χ3n) is 2.98.